The van der Waals surface area contributed by atoms with Crippen LogP contribution < -0.4 is 16.0 Å². The van der Waals surface area contributed by atoms with Crippen LogP contribution in [0.5, 0.6) is 0 Å². The van der Waals surface area contributed by atoms with Crippen molar-refractivity contribution in [3.05, 3.63) is 23.8 Å². The zero-order chi connectivity index (χ0) is 14.0. The van der Waals surface area contributed by atoms with Gasteiger partial charge < -0.3 is 21.4 Å². The molecule has 0 unspecified atom stereocenters. The maximum atomic E-state index is 13.9. The Kier molecular flexibility index (Phi) is 3.64. The molecular weight excluding hydrogens is 254 g/mol. The summed E-state index contributed by atoms with van der Waals surface area (Å²) in [7, 11) is 0. The second-order valence-electron chi connectivity index (χ2n) is 4.36. The predicted octanol–water partition coefficient (Wildman–Crippen LogP) is 2.08. The number of carbonyl (C=O) groups is 1. The van der Waals surface area contributed by atoms with E-state index in [0.29, 0.717) is 31.6 Å². The van der Waals surface area contributed by atoms with Gasteiger partial charge in [-0.15, -0.1) is 0 Å². The van der Waals surface area contributed by atoms with E-state index in [2.05, 4.69) is 0 Å². The molecule has 0 atom stereocenters. The fourth-order valence-electron chi connectivity index (χ4n) is 2.02. The zero-order valence-electron chi connectivity index (χ0n) is 10.2. The number of primary amides is 1. The van der Waals surface area contributed by atoms with Gasteiger partial charge in [0.1, 0.15) is 11.6 Å². The highest BCUT2D eigenvalue weighted by atomic mass is 19.1. The lowest BCUT2D eigenvalue weighted by Crippen LogP contribution is -2.34. The number of nitrogens with one attached hydrogen (secondary N) is 2. The van der Waals surface area contributed by atoms with Crippen molar-refractivity contribution in [2.75, 3.05) is 23.3 Å². The summed E-state index contributed by atoms with van der Waals surface area (Å²) in [6.45, 7) is 0.968. The van der Waals surface area contributed by atoms with Crippen molar-refractivity contribution in [1.29, 1.82) is 5.41 Å². The Hall–Kier alpha value is -2.18. The lowest BCUT2D eigenvalue weighted by molar-refractivity contribution is 0.259. The molecule has 0 radical (unpaired) electrons. The van der Waals surface area contributed by atoms with Crippen LogP contribution in [0.25, 0.3) is 0 Å². The number of urea groups is 1. The maximum Gasteiger partial charge on any atom is 0.316 e. The molecule has 1 aromatic rings. The summed E-state index contributed by atoms with van der Waals surface area (Å²) in [5.41, 5.74) is 5.34. The molecule has 1 fully saturated rings. The molecule has 5 nitrogen and oxygen atoms in total. The lowest BCUT2D eigenvalue weighted by atomic mass is 10.1. The third-order valence-electron chi connectivity index (χ3n) is 3.00. The predicted molar refractivity (Wildman–Crippen MR) is 68.7 cm³/mol. The molecule has 7 heteroatoms. The van der Waals surface area contributed by atoms with Crippen LogP contribution in [0, 0.1) is 17.0 Å². The number of halogens is 2. The highest BCUT2D eigenvalue weighted by Crippen LogP contribution is 2.27. The Morgan fingerprint density at radius 1 is 1.26 bits per heavy atom. The number of piperidine rings is 1. The van der Waals surface area contributed by atoms with E-state index in [0.717, 1.165) is 12.1 Å². The molecular formula is C12H14F2N4O. The van der Waals surface area contributed by atoms with Crippen molar-refractivity contribution >= 4 is 23.1 Å². The molecule has 4 N–H and O–H groups in total. The van der Waals surface area contributed by atoms with E-state index in [1.807, 2.05) is 5.32 Å². The van der Waals surface area contributed by atoms with E-state index < -0.39 is 17.7 Å². The molecule has 1 heterocycles. The monoisotopic (exact) mass is 268 g/mol. The van der Waals surface area contributed by atoms with Gasteiger partial charge in [-0.2, -0.15) is 0 Å². The van der Waals surface area contributed by atoms with Crippen LogP contribution in [0.4, 0.5) is 25.0 Å². The van der Waals surface area contributed by atoms with E-state index in [1.165, 1.54) is 0 Å². The molecule has 0 spiro atoms. The first-order valence-electron chi connectivity index (χ1n) is 5.84. The summed E-state index contributed by atoms with van der Waals surface area (Å²) >= 11 is 0. The number of rotatable bonds is 2. The average Bonchev–Trinajstić information content (AvgIpc) is 2.34. The Balaban J connectivity index is 2.25. The van der Waals surface area contributed by atoms with Crippen LogP contribution in [-0.2, 0) is 0 Å². The van der Waals surface area contributed by atoms with Crippen molar-refractivity contribution < 1.29 is 13.6 Å². The topological polar surface area (TPSA) is 82.2 Å². The molecule has 19 heavy (non-hydrogen) atoms. The van der Waals surface area contributed by atoms with Crippen LogP contribution in [0.3, 0.4) is 0 Å². The Labute approximate surface area is 108 Å². The standard InChI is InChI=1S/C12H14F2N4O/c13-8-6-11(18-3-1-7(15)2-4-18)9(14)5-10(8)17-12(16)19/h5-6,15H,1-4H2,(H3,16,17,19). The molecule has 102 valence electrons. The molecule has 2 amide bonds. The van der Waals surface area contributed by atoms with Gasteiger partial charge in [0.15, 0.2) is 0 Å². The van der Waals surface area contributed by atoms with Crippen molar-refractivity contribution in [2.24, 2.45) is 5.73 Å². The first kappa shape index (κ1) is 13.3. The summed E-state index contributed by atoms with van der Waals surface area (Å²) in [6, 6.07) is 1.00. The van der Waals surface area contributed by atoms with Crippen LogP contribution >= 0.6 is 0 Å². The van der Waals surface area contributed by atoms with Gasteiger partial charge in [0.05, 0.1) is 11.4 Å². The fourth-order valence-corrected chi connectivity index (χ4v) is 2.02. The van der Waals surface area contributed by atoms with Crippen LogP contribution in [0.1, 0.15) is 12.8 Å². The minimum absolute atomic E-state index is 0.139. The van der Waals surface area contributed by atoms with E-state index in [4.69, 9.17) is 11.1 Å². The summed E-state index contributed by atoms with van der Waals surface area (Å²) in [5.74, 6) is -1.37. The molecule has 1 aromatic carbocycles. The quantitative estimate of drug-likeness (QED) is 0.767. The minimum Gasteiger partial charge on any atom is -0.368 e. The third-order valence-corrected chi connectivity index (χ3v) is 3.00. The van der Waals surface area contributed by atoms with Crippen molar-refractivity contribution in [1.82, 2.24) is 0 Å². The van der Waals surface area contributed by atoms with Crippen LogP contribution in [0.2, 0.25) is 0 Å². The smallest absolute Gasteiger partial charge is 0.316 e. The zero-order valence-corrected chi connectivity index (χ0v) is 10.2. The molecule has 0 aliphatic carbocycles. The third kappa shape index (κ3) is 2.98. The number of hydrogen-bond donors (Lipinski definition) is 3. The van der Waals surface area contributed by atoms with E-state index in [1.54, 1.807) is 4.90 Å². The Morgan fingerprint density at radius 3 is 2.47 bits per heavy atom. The van der Waals surface area contributed by atoms with Crippen LogP contribution in [0.15, 0.2) is 12.1 Å². The SMILES string of the molecule is N=C1CCN(c2cc(F)c(NC(N)=O)cc2F)CC1. The minimum atomic E-state index is -0.947. The van der Waals surface area contributed by atoms with Gasteiger partial charge in [-0.05, 0) is 0 Å². The summed E-state index contributed by atoms with van der Waals surface area (Å²) in [4.78, 5) is 12.3. The van der Waals surface area contributed by atoms with Gasteiger partial charge in [-0.1, -0.05) is 0 Å². The Bertz CT molecular complexity index is 523. The molecule has 0 aromatic heterocycles. The second-order valence-corrected chi connectivity index (χ2v) is 4.36. The summed E-state index contributed by atoms with van der Waals surface area (Å²) < 4.78 is 27.6. The van der Waals surface area contributed by atoms with Crippen molar-refractivity contribution in [3.8, 4) is 0 Å². The molecule has 1 aliphatic heterocycles. The highest BCUT2D eigenvalue weighted by molar-refractivity contribution is 5.88. The molecule has 0 bridgehead atoms. The maximum absolute atomic E-state index is 13.9. The van der Waals surface area contributed by atoms with Gasteiger partial charge in [-0.3, -0.25) is 0 Å². The number of hydrogen-bond acceptors (Lipinski definition) is 3. The van der Waals surface area contributed by atoms with E-state index in [9.17, 15) is 13.6 Å². The van der Waals surface area contributed by atoms with E-state index >= 15 is 0 Å². The number of amides is 2. The van der Waals surface area contributed by atoms with Crippen molar-refractivity contribution in [2.45, 2.75) is 12.8 Å². The van der Waals surface area contributed by atoms with Crippen LogP contribution in [-0.4, -0.2) is 24.8 Å². The molecule has 0 saturated carbocycles. The summed E-state index contributed by atoms with van der Waals surface area (Å²) in [6.07, 6.45) is 1.09. The van der Waals surface area contributed by atoms with Gasteiger partial charge in [-0.25, -0.2) is 13.6 Å². The highest BCUT2D eigenvalue weighted by Gasteiger charge is 2.19. The molecule has 1 saturated heterocycles. The Morgan fingerprint density at radius 2 is 1.89 bits per heavy atom. The number of benzene rings is 1. The molecule has 1 aliphatic rings. The normalized spacial score (nSPS) is 15.5. The number of anilines is 2. The largest absolute Gasteiger partial charge is 0.368 e. The van der Waals surface area contributed by atoms with E-state index in [-0.39, 0.29) is 11.4 Å². The van der Waals surface area contributed by atoms with Gasteiger partial charge in [0, 0.05) is 43.8 Å². The fraction of sp³-hybridized carbons (Fsp3) is 0.333. The molecule has 2 rings (SSSR count). The average molecular weight is 268 g/mol. The lowest BCUT2D eigenvalue weighted by Gasteiger charge is -2.29. The number of nitrogens with two attached hydrogens (primary N) is 1. The first-order chi connectivity index (χ1) is 8.97. The second kappa shape index (κ2) is 5.21. The van der Waals surface area contributed by atoms with Gasteiger partial charge >= 0.3 is 6.03 Å². The van der Waals surface area contributed by atoms with Crippen molar-refractivity contribution in [3.63, 3.8) is 0 Å². The number of nitrogens with zero attached hydrogens (tertiary/aromatic N) is 1. The summed E-state index contributed by atoms with van der Waals surface area (Å²) in [5, 5.41) is 9.51. The van der Waals surface area contributed by atoms with Gasteiger partial charge in [0.2, 0.25) is 0 Å². The van der Waals surface area contributed by atoms with Gasteiger partial charge in [0.25, 0.3) is 0 Å². The first-order valence-corrected chi connectivity index (χ1v) is 5.84. The number of carbonyl (C=O) groups excluding carboxylic acids is 1.